The van der Waals surface area contributed by atoms with E-state index in [9.17, 15) is 9.59 Å². The lowest BCUT2D eigenvalue weighted by Crippen LogP contribution is -2.47. The Labute approximate surface area is 138 Å². The normalized spacial score (nSPS) is 18.5. The molecule has 1 saturated heterocycles. The highest BCUT2D eigenvalue weighted by molar-refractivity contribution is 7.18. The molecular formula is C16H21N3O3S. The van der Waals surface area contributed by atoms with E-state index < -0.39 is 0 Å². The summed E-state index contributed by atoms with van der Waals surface area (Å²) in [6, 6.07) is 1.89. The number of amides is 1. The van der Waals surface area contributed by atoms with Crippen LogP contribution in [-0.4, -0.2) is 46.2 Å². The van der Waals surface area contributed by atoms with Crippen LogP contribution in [0.2, 0.25) is 0 Å². The molecule has 2 aromatic rings. The number of carbonyl (C=O) groups is 1. The van der Waals surface area contributed by atoms with Gasteiger partial charge in [-0.1, -0.05) is 13.8 Å². The van der Waals surface area contributed by atoms with Crippen molar-refractivity contribution >= 4 is 27.5 Å². The standard InChI is InChI=1S/C16H21N3O3S/c1-3-11-8-18(5-6-22-11)14(20)9-19-10-17-15-13(16(19)21)7-12(4-2)23-15/h7,10-11H,3-6,8-9H2,1-2H3. The van der Waals surface area contributed by atoms with Gasteiger partial charge in [0.15, 0.2) is 0 Å². The molecule has 124 valence electrons. The smallest absolute Gasteiger partial charge is 0.262 e. The van der Waals surface area contributed by atoms with Gasteiger partial charge < -0.3 is 9.64 Å². The Morgan fingerprint density at radius 2 is 2.30 bits per heavy atom. The number of hydrogen-bond acceptors (Lipinski definition) is 5. The van der Waals surface area contributed by atoms with E-state index in [0.29, 0.717) is 25.1 Å². The first-order valence-corrected chi connectivity index (χ1v) is 8.81. The van der Waals surface area contributed by atoms with Crippen LogP contribution in [-0.2, 0) is 22.5 Å². The third-order valence-corrected chi connectivity index (χ3v) is 5.36. The van der Waals surface area contributed by atoms with E-state index in [2.05, 4.69) is 11.9 Å². The first kappa shape index (κ1) is 16.1. The topological polar surface area (TPSA) is 64.4 Å². The molecule has 0 aromatic carbocycles. The summed E-state index contributed by atoms with van der Waals surface area (Å²) in [5.74, 6) is -0.0547. The van der Waals surface area contributed by atoms with Crippen molar-refractivity contribution in [2.75, 3.05) is 19.7 Å². The minimum Gasteiger partial charge on any atom is -0.375 e. The van der Waals surface area contributed by atoms with Crippen molar-refractivity contribution in [2.24, 2.45) is 0 Å². The molecular weight excluding hydrogens is 314 g/mol. The predicted molar refractivity (Wildman–Crippen MR) is 89.9 cm³/mol. The number of morpholine rings is 1. The van der Waals surface area contributed by atoms with Gasteiger partial charge in [-0.15, -0.1) is 11.3 Å². The molecule has 1 aliphatic rings. The second kappa shape index (κ2) is 6.80. The zero-order valence-electron chi connectivity index (χ0n) is 13.4. The number of fused-ring (bicyclic) bond motifs is 1. The molecule has 0 radical (unpaired) electrons. The SMILES string of the molecule is CCc1cc2c(=O)n(CC(=O)N3CCOC(CC)C3)cnc2s1. The summed E-state index contributed by atoms with van der Waals surface area (Å²) in [7, 11) is 0. The number of aryl methyl sites for hydroxylation is 1. The zero-order valence-corrected chi connectivity index (χ0v) is 14.3. The van der Waals surface area contributed by atoms with Gasteiger partial charge in [-0.2, -0.15) is 0 Å². The second-order valence-electron chi connectivity index (χ2n) is 5.70. The van der Waals surface area contributed by atoms with Crippen molar-refractivity contribution in [1.29, 1.82) is 0 Å². The molecule has 0 saturated carbocycles. The Bertz CT molecular complexity index is 768. The number of aromatic nitrogens is 2. The summed E-state index contributed by atoms with van der Waals surface area (Å²) in [4.78, 5) is 33.0. The molecule has 23 heavy (non-hydrogen) atoms. The number of rotatable bonds is 4. The third-order valence-electron chi connectivity index (χ3n) is 4.17. The minimum absolute atomic E-state index is 0.0372. The number of hydrogen-bond donors (Lipinski definition) is 0. The molecule has 1 fully saturated rings. The minimum atomic E-state index is -0.139. The molecule has 7 heteroatoms. The fraction of sp³-hybridized carbons (Fsp3) is 0.562. The van der Waals surface area contributed by atoms with E-state index in [0.717, 1.165) is 22.5 Å². The maximum atomic E-state index is 12.5. The molecule has 3 rings (SSSR count). The second-order valence-corrected chi connectivity index (χ2v) is 6.82. The molecule has 1 aliphatic heterocycles. The summed E-state index contributed by atoms with van der Waals surface area (Å²) in [5.41, 5.74) is -0.139. The largest absolute Gasteiger partial charge is 0.375 e. The van der Waals surface area contributed by atoms with Crippen molar-refractivity contribution in [1.82, 2.24) is 14.5 Å². The van der Waals surface area contributed by atoms with E-state index in [1.807, 2.05) is 13.0 Å². The number of nitrogens with zero attached hydrogens (tertiary/aromatic N) is 3. The van der Waals surface area contributed by atoms with Crippen molar-refractivity contribution in [3.05, 3.63) is 27.6 Å². The first-order chi connectivity index (χ1) is 11.1. The van der Waals surface area contributed by atoms with Gasteiger partial charge in [-0.3, -0.25) is 14.2 Å². The fourth-order valence-electron chi connectivity index (χ4n) is 2.74. The summed E-state index contributed by atoms with van der Waals surface area (Å²) in [6.45, 7) is 5.87. The Morgan fingerprint density at radius 3 is 3.04 bits per heavy atom. The highest BCUT2D eigenvalue weighted by Crippen LogP contribution is 2.21. The van der Waals surface area contributed by atoms with Crippen LogP contribution in [0, 0.1) is 0 Å². The van der Waals surface area contributed by atoms with Gasteiger partial charge in [0, 0.05) is 18.0 Å². The van der Waals surface area contributed by atoms with Crippen LogP contribution in [0.5, 0.6) is 0 Å². The number of carbonyl (C=O) groups excluding carboxylic acids is 1. The summed E-state index contributed by atoms with van der Waals surface area (Å²) in [6.07, 6.45) is 3.34. The zero-order chi connectivity index (χ0) is 16.4. The highest BCUT2D eigenvalue weighted by atomic mass is 32.1. The Balaban J connectivity index is 1.79. The Kier molecular flexibility index (Phi) is 4.77. The van der Waals surface area contributed by atoms with Crippen LogP contribution in [0.15, 0.2) is 17.2 Å². The van der Waals surface area contributed by atoms with Crippen molar-refractivity contribution in [3.63, 3.8) is 0 Å². The van der Waals surface area contributed by atoms with Crippen LogP contribution in [0.4, 0.5) is 0 Å². The van der Waals surface area contributed by atoms with Crippen LogP contribution in [0.3, 0.4) is 0 Å². The van der Waals surface area contributed by atoms with E-state index >= 15 is 0 Å². The van der Waals surface area contributed by atoms with Gasteiger partial charge in [-0.25, -0.2) is 4.98 Å². The molecule has 1 amide bonds. The quantitative estimate of drug-likeness (QED) is 0.852. The van der Waals surface area contributed by atoms with Gasteiger partial charge >= 0.3 is 0 Å². The van der Waals surface area contributed by atoms with E-state index in [1.165, 1.54) is 22.2 Å². The predicted octanol–water partition coefficient (Wildman–Crippen LogP) is 1.66. The molecule has 0 spiro atoms. The molecule has 6 nitrogen and oxygen atoms in total. The van der Waals surface area contributed by atoms with Crippen molar-refractivity contribution < 1.29 is 9.53 Å². The summed E-state index contributed by atoms with van der Waals surface area (Å²) < 4.78 is 6.99. The lowest BCUT2D eigenvalue weighted by Gasteiger charge is -2.32. The van der Waals surface area contributed by atoms with E-state index in [-0.39, 0.29) is 24.1 Å². The Morgan fingerprint density at radius 1 is 1.48 bits per heavy atom. The van der Waals surface area contributed by atoms with Gasteiger partial charge in [0.25, 0.3) is 5.56 Å². The molecule has 0 aliphatic carbocycles. The van der Waals surface area contributed by atoms with Gasteiger partial charge in [-0.05, 0) is 18.9 Å². The van der Waals surface area contributed by atoms with Crippen LogP contribution >= 0.6 is 11.3 Å². The molecule has 1 atom stereocenters. The highest BCUT2D eigenvalue weighted by Gasteiger charge is 2.23. The van der Waals surface area contributed by atoms with Crippen LogP contribution in [0.25, 0.3) is 10.2 Å². The monoisotopic (exact) mass is 335 g/mol. The fourth-order valence-corrected chi connectivity index (χ4v) is 3.66. The summed E-state index contributed by atoms with van der Waals surface area (Å²) in [5, 5.41) is 0.607. The average molecular weight is 335 g/mol. The average Bonchev–Trinajstić information content (AvgIpc) is 3.01. The molecule has 3 heterocycles. The van der Waals surface area contributed by atoms with E-state index in [4.69, 9.17) is 4.74 Å². The lowest BCUT2D eigenvalue weighted by molar-refractivity contribution is -0.139. The Hall–Kier alpha value is -1.73. The van der Waals surface area contributed by atoms with Gasteiger partial charge in [0.2, 0.25) is 5.91 Å². The number of ether oxygens (including phenoxy) is 1. The van der Waals surface area contributed by atoms with Crippen LogP contribution < -0.4 is 5.56 Å². The van der Waals surface area contributed by atoms with Crippen LogP contribution in [0.1, 0.15) is 25.1 Å². The van der Waals surface area contributed by atoms with Gasteiger partial charge in [0.05, 0.1) is 24.4 Å². The van der Waals surface area contributed by atoms with Crippen molar-refractivity contribution in [3.8, 4) is 0 Å². The maximum Gasteiger partial charge on any atom is 0.262 e. The first-order valence-electron chi connectivity index (χ1n) is 7.99. The number of thiophene rings is 1. The van der Waals surface area contributed by atoms with E-state index in [1.54, 1.807) is 4.90 Å². The van der Waals surface area contributed by atoms with Gasteiger partial charge in [0.1, 0.15) is 11.4 Å². The third kappa shape index (κ3) is 3.30. The lowest BCUT2D eigenvalue weighted by atomic mass is 10.2. The molecule has 0 N–H and O–H groups in total. The molecule has 0 bridgehead atoms. The molecule has 2 aromatic heterocycles. The summed E-state index contributed by atoms with van der Waals surface area (Å²) >= 11 is 1.53. The maximum absolute atomic E-state index is 12.5. The van der Waals surface area contributed by atoms with Crippen molar-refractivity contribution in [2.45, 2.75) is 39.3 Å². The molecule has 1 unspecified atom stereocenters.